The van der Waals surface area contributed by atoms with Gasteiger partial charge in [0.25, 0.3) is 5.91 Å². The highest BCUT2D eigenvalue weighted by Crippen LogP contribution is 2.28. The maximum absolute atomic E-state index is 11.9. The molecule has 0 spiro atoms. The van der Waals surface area contributed by atoms with Crippen molar-refractivity contribution in [3.63, 3.8) is 0 Å². The first-order valence-electron chi connectivity index (χ1n) is 5.98. The Morgan fingerprint density at radius 1 is 1.50 bits per heavy atom. The minimum absolute atomic E-state index is 0.219. The summed E-state index contributed by atoms with van der Waals surface area (Å²) in [7, 11) is 0. The van der Waals surface area contributed by atoms with E-state index in [1.165, 1.54) is 0 Å². The Balaban J connectivity index is 1.90. The van der Waals surface area contributed by atoms with Gasteiger partial charge in [0.1, 0.15) is 11.5 Å². The molecule has 0 aliphatic rings. The highest BCUT2D eigenvalue weighted by molar-refractivity contribution is 9.10. The van der Waals surface area contributed by atoms with Gasteiger partial charge in [-0.2, -0.15) is 0 Å². The first-order chi connectivity index (χ1) is 9.56. The summed E-state index contributed by atoms with van der Waals surface area (Å²) in [5.41, 5.74) is 0. The Kier molecular flexibility index (Phi) is 5.09. The third-order valence-electron chi connectivity index (χ3n) is 2.58. The Morgan fingerprint density at radius 2 is 2.30 bits per heavy atom. The minimum atomic E-state index is -0.623. The Labute approximate surface area is 130 Å². The van der Waals surface area contributed by atoms with E-state index in [0.29, 0.717) is 27.5 Å². The summed E-state index contributed by atoms with van der Waals surface area (Å²) in [4.78, 5) is 11.9. The monoisotopic (exact) mass is 357 g/mol. The van der Waals surface area contributed by atoms with Crippen LogP contribution in [0.5, 0.6) is 5.75 Å². The highest BCUT2D eigenvalue weighted by Gasteiger charge is 2.16. The zero-order chi connectivity index (χ0) is 14.5. The van der Waals surface area contributed by atoms with E-state index in [0.717, 1.165) is 0 Å². The zero-order valence-electron chi connectivity index (χ0n) is 10.7. The van der Waals surface area contributed by atoms with E-state index >= 15 is 0 Å². The standard InChI is InChI=1S/C14H13BrClNO3/c1-9(14(18)17-8-11-3-2-6-19-11)20-13-5-4-10(16)7-12(13)15/h2-7,9H,8H2,1H3,(H,17,18). The number of halogens is 2. The number of furan rings is 1. The first-order valence-corrected chi connectivity index (χ1v) is 7.15. The number of amides is 1. The second-order valence-electron chi connectivity index (χ2n) is 4.13. The van der Waals surface area contributed by atoms with E-state index in [-0.39, 0.29) is 5.91 Å². The van der Waals surface area contributed by atoms with Crippen LogP contribution in [0.25, 0.3) is 0 Å². The third-order valence-corrected chi connectivity index (χ3v) is 3.44. The maximum Gasteiger partial charge on any atom is 0.261 e. The normalized spacial score (nSPS) is 11.9. The van der Waals surface area contributed by atoms with Gasteiger partial charge in [0.2, 0.25) is 0 Å². The lowest BCUT2D eigenvalue weighted by Gasteiger charge is -2.15. The van der Waals surface area contributed by atoms with Gasteiger partial charge in [-0.1, -0.05) is 11.6 Å². The van der Waals surface area contributed by atoms with Gasteiger partial charge in [-0.25, -0.2) is 0 Å². The molecule has 0 saturated carbocycles. The number of hydrogen-bond acceptors (Lipinski definition) is 3. The van der Waals surface area contributed by atoms with Crippen LogP contribution in [0.1, 0.15) is 12.7 Å². The summed E-state index contributed by atoms with van der Waals surface area (Å²) < 4.78 is 11.4. The molecule has 1 aromatic carbocycles. The van der Waals surface area contributed by atoms with Crippen LogP contribution >= 0.6 is 27.5 Å². The molecule has 1 unspecified atom stereocenters. The van der Waals surface area contributed by atoms with Crippen LogP contribution in [0.3, 0.4) is 0 Å². The van der Waals surface area contributed by atoms with E-state index < -0.39 is 6.10 Å². The molecule has 1 amide bonds. The van der Waals surface area contributed by atoms with Gasteiger partial charge in [0.15, 0.2) is 6.10 Å². The lowest BCUT2D eigenvalue weighted by molar-refractivity contribution is -0.127. The lowest BCUT2D eigenvalue weighted by Crippen LogP contribution is -2.35. The maximum atomic E-state index is 11.9. The summed E-state index contributed by atoms with van der Waals surface area (Å²) in [6, 6.07) is 8.69. The van der Waals surface area contributed by atoms with Crippen molar-refractivity contribution in [1.29, 1.82) is 0 Å². The lowest BCUT2D eigenvalue weighted by atomic mass is 10.3. The van der Waals surface area contributed by atoms with Crippen LogP contribution in [0.2, 0.25) is 5.02 Å². The molecule has 20 heavy (non-hydrogen) atoms. The van der Waals surface area contributed by atoms with Gasteiger partial charge < -0.3 is 14.5 Å². The fourth-order valence-electron chi connectivity index (χ4n) is 1.55. The van der Waals surface area contributed by atoms with Gasteiger partial charge in [-0.05, 0) is 53.2 Å². The zero-order valence-corrected chi connectivity index (χ0v) is 13.1. The third kappa shape index (κ3) is 4.02. The molecule has 106 valence electrons. The number of nitrogens with one attached hydrogen (secondary N) is 1. The quantitative estimate of drug-likeness (QED) is 0.885. The van der Waals surface area contributed by atoms with Crippen LogP contribution < -0.4 is 10.1 Å². The Morgan fingerprint density at radius 3 is 2.95 bits per heavy atom. The fourth-order valence-corrected chi connectivity index (χ4v) is 2.32. The van der Waals surface area contributed by atoms with Gasteiger partial charge in [-0.15, -0.1) is 0 Å². The van der Waals surface area contributed by atoms with E-state index in [1.54, 1.807) is 43.5 Å². The predicted molar refractivity (Wildman–Crippen MR) is 79.8 cm³/mol. The molecule has 0 aliphatic heterocycles. The molecule has 0 bridgehead atoms. The summed E-state index contributed by atoms with van der Waals surface area (Å²) in [5.74, 6) is 1.04. The summed E-state index contributed by atoms with van der Waals surface area (Å²) in [6.45, 7) is 2.01. The van der Waals surface area contributed by atoms with E-state index in [2.05, 4.69) is 21.2 Å². The molecule has 4 nitrogen and oxygen atoms in total. The van der Waals surface area contributed by atoms with Crippen molar-refractivity contribution in [2.45, 2.75) is 19.6 Å². The summed E-state index contributed by atoms with van der Waals surface area (Å²) >= 11 is 9.19. The highest BCUT2D eigenvalue weighted by atomic mass is 79.9. The SMILES string of the molecule is CC(Oc1ccc(Cl)cc1Br)C(=O)NCc1ccco1. The van der Waals surface area contributed by atoms with Crippen molar-refractivity contribution in [3.8, 4) is 5.75 Å². The minimum Gasteiger partial charge on any atom is -0.480 e. The number of benzene rings is 1. The molecule has 0 fully saturated rings. The number of ether oxygens (including phenoxy) is 1. The number of carbonyl (C=O) groups excluding carboxylic acids is 1. The van der Waals surface area contributed by atoms with Crippen LogP contribution in [0, 0.1) is 0 Å². The molecule has 1 atom stereocenters. The summed E-state index contributed by atoms with van der Waals surface area (Å²) in [5, 5.41) is 3.33. The molecule has 1 heterocycles. The molecule has 1 N–H and O–H groups in total. The molecule has 6 heteroatoms. The molecule has 0 aliphatic carbocycles. The van der Waals surface area contributed by atoms with Gasteiger partial charge in [-0.3, -0.25) is 4.79 Å². The largest absolute Gasteiger partial charge is 0.480 e. The average molecular weight is 359 g/mol. The molecule has 0 saturated heterocycles. The van der Waals surface area contributed by atoms with Crippen LogP contribution in [0.15, 0.2) is 45.5 Å². The van der Waals surface area contributed by atoms with Crippen molar-refractivity contribution in [3.05, 3.63) is 51.9 Å². The Hall–Kier alpha value is -1.46. The topological polar surface area (TPSA) is 51.5 Å². The number of rotatable bonds is 5. The average Bonchev–Trinajstić information content (AvgIpc) is 2.92. The molecular formula is C14H13BrClNO3. The van der Waals surface area contributed by atoms with Gasteiger partial charge in [0.05, 0.1) is 17.3 Å². The molecule has 0 radical (unpaired) electrons. The molecule has 2 rings (SSSR count). The summed E-state index contributed by atoms with van der Waals surface area (Å²) in [6.07, 6.45) is 0.939. The van der Waals surface area contributed by atoms with E-state index in [4.69, 9.17) is 20.8 Å². The molecular weight excluding hydrogens is 346 g/mol. The van der Waals surface area contributed by atoms with Crippen molar-refractivity contribution in [2.24, 2.45) is 0 Å². The number of carbonyl (C=O) groups is 1. The van der Waals surface area contributed by atoms with Crippen molar-refractivity contribution >= 4 is 33.4 Å². The van der Waals surface area contributed by atoms with Crippen molar-refractivity contribution in [1.82, 2.24) is 5.32 Å². The van der Waals surface area contributed by atoms with Gasteiger partial charge in [0, 0.05) is 5.02 Å². The van der Waals surface area contributed by atoms with Crippen LogP contribution in [-0.2, 0) is 11.3 Å². The van der Waals surface area contributed by atoms with E-state index in [9.17, 15) is 4.79 Å². The second-order valence-corrected chi connectivity index (χ2v) is 5.42. The second kappa shape index (κ2) is 6.81. The van der Waals surface area contributed by atoms with E-state index in [1.807, 2.05) is 0 Å². The van der Waals surface area contributed by atoms with Crippen molar-refractivity contribution in [2.75, 3.05) is 0 Å². The van der Waals surface area contributed by atoms with Gasteiger partial charge >= 0.3 is 0 Å². The molecule has 2 aromatic rings. The fraction of sp³-hybridized carbons (Fsp3) is 0.214. The number of hydrogen-bond donors (Lipinski definition) is 1. The van der Waals surface area contributed by atoms with Crippen LogP contribution in [0.4, 0.5) is 0 Å². The first kappa shape index (κ1) is 14.9. The Bertz CT molecular complexity index is 586. The predicted octanol–water partition coefficient (Wildman–Crippen LogP) is 3.78. The van der Waals surface area contributed by atoms with Crippen molar-refractivity contribution < 1.29 is 13.9 Å². The van der Waals surface area contributed by atoms with Crippen LogP contribution in [-0.4, -0.2) is 12.0 Å². The smallest absolute Gasteiger partial charge is 0.261 e. The molecule has 1 aromatic heterocycles.